The molecule has 3 aromatic heterocycles. The van der Waals surface area contributed by atoms with Crippen LogP contribution in [0.25, 0.3) is 0 Å². The molecule has 1 aliphatic carbocycles. The molecule has 3 aromatic rings. The third-order valence-electron chi connectivity index (χ3n) is 5.15. The van der Waals surface area contributed by atoms with E-state index < -0.39 is 11.7 Å². The number of aromatic nitrogens is 6. The summed E-state index contributed by atoms with van der Waals surface area (Å²) in [5.74, 6) is 1.37. The van der Waals surface area contributed by atoms with Crippen LogP contribution >= 0.6 is 0 Å². The first-order valence-electron chi connectivity index (χ1n) is 9.77. The quantitative estimate of drug-likeness (QED) is 0.599. The minimum absolute atomic E-state index is 0.00643. The summed E-state index contributed by atoms with van der Waals surface area (Å²) in [7, 11) is 3.34. The first-order chi connectivity index (χ1) is 14.3. The van der Waals surface area contributed by atoms with Crippen LogP contribution in [0.5, 0.6) is 0 Å². The molecule has 4 rings (SSSR count). The van der Waals surface area contributed by atoms with E-state index in [9.17, 15) is 13.2 Å². The smallest absolute Gasteiger partial charge is 0.372 e. The normalized spacial score (nSPS) is 15.3. The van der Waals surface area contributed by atoms with Crippen molar-refractivity contribution in [2.75, 3.05) is 17.7 Å². The van der Waals surface area contributed by atoms with Crippen LogP contribution in [0.1, 0.15) is 55.2 Å². The van der Waals surface area contributed by atoms with Gasteiger partial charge >= 0.3 is 6.18 Å². The van der Waals surface area contributed by atoms with Crippen molar-refractivity contribution in [3.8, 4) is 0 Å². The number of imidazole rings is 1. The van der Waals surface area contributed by atoms with E-state index in [1.807, 2.05) is 28.6 Å². The number of rotatable bonds is 7. The zero-order valence-electron chi connectivity index (χ0n) is 16.9. The molecule has 0 aliphatic heterocycles. The largest absolute Gasteiger partial charge is 0.421 e. The highest BCUT2D eigenvalue weighted by atomic mass is 19.4. The van der Waals surface area contributed by atoms with Gasteiger partial charge in [0.15, 0.2) is 0 Å². The molecule has 3 heterocycles. The summed E-state index contributed by atoms with van der Waals surface area (Å²) in [5.41, 5.74) is -0.0604. The van der Waals surface area contributed by atoms with Crippen molar-refractivity contribution in [3.63, 3.8) is 0 Å². The highest BCUT2D eigenvalue weighted by Gasteiger charge is 2.35. The Morgan fingerprint density at radius 3 is 2.60 bits per heavy atom. The molecule has 0 aromatic carbocycles. The summed E-state index contributed by atoms with van der Waals surface area (Å²) in [6.07, 6.45) is 2.72. The molecular weight excluding hydrogens is 397 g/mol. The van der Waals surface area contributed by atoms with E-state index in [0.717, 1.165) is 37.0 Å². The number of aryl methyl sites for hydroxylation is 1. The van der Waals surface area contributed by atoms with Gasteiger partial charge in [0.05, 0.1) is 17.7 Å². The molecule has 0 amide bonds. The second-order valence-corrected chi connectivity index (χ2v) is 7.32. The fourth-order valence-electron chi connectivity index (χ4n) is 3.47. The Hall–Kier alpha value is -3.11. The summed E-state index contributed by atoms with van der Waals surface area (Å²) in [4.78, 5) is 12.3. The highest BCUT2D eigenvalue weighted by Crippen LogP contribution is 2.40. The second kappa shape index (κ2) is 7.62. The molecule has 1 atom stereocenters. The summed E-state index contributed by atoms with van der Waals surface area (Å²) in [5, 5.41) is 10.3. The summed E-state index contributed by atoms with van der Waals surface area (Å²) in [6.45, 7) is 2.07. The van der Waals surface area contributed by atoms with Crippen molar-refractivity contribution in [1.29, 1.82) is 0 Å². The molecule has 0 bridgehead atoms. The van der Waals surface area contributed by atoms with E-state index in [1.165, 1.54) is 7.05 Å². The molecule has 160 valence electrons. The Kier molecular flexibility index (Phi) is 5.12. The minimum Gasteiger partial charge on any atom is -0.372 e. The number of hydrogen-bond acceptors (Lipinski definition) is 6. The van der Waals surface area contributed by atoms with Crippen LogP contribution in [0, 0.1) is 0 Å². The third-order valence-corrected chi connectivity index (χ3v) is 5.15. The van der Waals surface area contributed by atoms with Crippen molar-refractivity contribution in [3.05, 3.63) is 41.7 Å². The van der Waals surface area contributed by atoms with Gasteiger partial charge in [0.25, 0.3) is 0 Å². The van der Waals surface area contributed by atoms with Crippen LogP contribution in [-0.4, -0.2) is 36.3 Å². The molecule has 1 saturated carbocycles. The Morgan fingerprint density at radius 2 is 2.03 bits per heavy atom. The number of hydrogen-bond donors (Lipinski definition) is 2. The maximum atomic E-state index is 13.1. The van der Waals surface area contributed by atoms with Crippen LogP contribution in [0.15, 0.2) is 24.7 Å². The number of nitrogens with one attached hydrogen (secondary N) is 2. The minimum atomic E-state index is -4.53. The Labute approximate surface area is 171 Å². The summed E-state index contributed by atoms with van der Waals surface area (Å²) >= 11 is 0. The predicted molar refractivity (Wildman–Crippen MR) is 106 cm³/mol. The molecule has 1 unspecified atom stereocenters. The Balaban J connectivity index is 1.67. The van der Waals surface area contributed by atoms with Crippen molar-refractivity contribution < 1.29 is 13.2 Å². The van der Waals surface area contributed by atoms with Gasteiger partial charge in [0, 0.05) is 38.8 Å². The molecule has 1 fully saturated rings. The Bertz CT molecular complexity index is 1030. The average molecular weight is 420 g/mol. The standard InChI is InChI=1S/C19H23F3N8/c1-4-12(17-24-7-8-29(17)3)14-9-15(30(28-14)11-5-6-11)26-18-25-10-13(19(20,21)22)16(23-2)27-18/h7-12H,4-6H2,1-3H3,(H2,23,25,26,27). The number of halogens is 3. The van der Waals surface area contributed by atoms with Gasteiger partial charge < -0.3 is 15.2 Å². The lowest BCUT2D eigenvalue weighted by molar-refractivity contribution is -0.137. The fraction of sp³-hybridized carbons (Fsp3) is 0.474. The van der Waals surface area contributed by atoms with E-state index in [4.69, 9.17) is 5.10 Å². The first-order valence-corrected chi connectivity index (χ1v) is 9.77. The molecule has 11 heteroatoms. The predicted octanol–water partition coefficient (Wildman–Crippen LogP) is 4.09. The Morgan fingerprint density at radius 1 is 1.27 bits per heavy atom. The number of anilines is 3. The van der Waals surface area contributed by atoms with E-state index in [2.05, 4.69) is 32.5 Å². The van der Waals surface area contributed by atoms with Crippen LogP contribution < -0.4 is 10.6 Å². The van der Waals surface area contributed by atoms with Gasteiger partial charge in [-0.1, -0.05) is 6.92 Å². The zero-order chi connectivity index (χ0) is 21.5. The van der Waals surface area contributed by atoms with Gasteiger partial charge in [0.2, 0.25) is 5.95 Å². The van der Waals surface area contributed by atoms with Crippen LogP contribution in [-0.2, 0) is 13.2 Å². The van der Waals surface area contributed by atoms with E-state index in [-0.39, 0.29) is 23.7 Å². The molecule has 1 aliphatic rings. The van der Waals surface area contributed by atoms with Gasteiger partial charge in [-0.05, 0) is 19.3 Å². The van der Waals surface area contributed by atoms with Gasteiger partial charge in [0.1, 0.15) is 23.0 Å². The van der Waals surface area contributed by atoms with Gasteiger partial charge in [-0.25, -0.2) is 14.6 Å². The molecular formula is C19H23F3N8. The number of nitrogens with zero attached hydrogens (tertiary/aromatic N) is 6. The van der Waals surface area contributed by atoms with Crippen molar-refractivity contribution >= 4 is 17.6 Å². The monoisotopic (exact) mass is 420 g/mol. The lowest BCUT2D eigenvalue weighted by Gasteiger charge is -2.13. The number of alkyl halides is 3. The maximum absolute atomic E-state index is 13.1. The first kappa shape index (κ1) is 20.2. The van der Waals surface area contributed by atoms with E-state index in [0.29, 0.717) is 5.82 Å². The highest BCUT2D eigenvalue weighted by molar-refractivity contribution is 5.55. The van der Waals surface area contributed by atoms with Crippen molar-refractivity contribution in [2.24, 2.45) is 7.05 Å². The van der Waals surface area contributed by atoms with Gasteiger partial charge in [-0.2, -0.15) is 23.3 Å². The molecule has 0 spiro atoms. The van der Waals surface area contributed by atoms with Crippen LogP contribution in [0.4, 0.5) is 30.8 Å². The summed E-state index contributed by atoms with van der Waals surface area (Å²) < 4.78 is 43.2. The van der Waals surface area contributed by atoms with Crippen molar-refractivity contribution in [1.82, 2.24) is 29.3 Å². The van der Waals surface area contributed by atoms with E-state index >= 15 is 0 Å². The molecule has 0 radical (unpaired) electrons. The summed E-state index contributed by atoms with van der Waals surface area (Å²) in [6, 6.07) is 2.17. The van der Waals surface area contributed by atoms with Gasteiger partial charge in [-0.3, -0.25) is 0 Å². The van der Waals surface area contributed by atoms with Gasteiger partial charge in [-0.15, -0.1) is 0 Å². The maximum Gasteiger partial charge on any atom is 0.421 e. The topological polar surface area (TPSA) is 85.5 Å². The molecule has 0 saturated heterocycles. The van der Waals surface area contributed by atoms with Crippen molar-refractivity contribution in [2.45, 2.75) is 44.3 Å². The lowest BCUT2D eigenvalue weighted by atomic mass is 10.0. The lowest BCUT2D eigenvalue weighted by Crippen LogP contribution is -2.13. The van der Waals surface area contributed by atoms with Crippen LogP contribution in [0.3, 0.4) is 0 Å². The fourth-order valence-corrected chi connectivity index (χ4v) is 3.47. The average Bonchev–Trinajstić information content (AvgIpc) is 3.34. The molecule has 30 heavy (non-hydrogen) atoms. The SMILES string of the molecule is CCC(c1cc(Nc2ncc(C(F)(F)F)c(NC)n2)n(C2CC2)n1)c1nccn1C. The molecule has 8 nitrogen and oxygen atoms in total. The molecule has 2 N–H and O–H groups in total. The second-order valence-electron chi connectivity index (χ2n) is 7.32. The third kappa shape index (κ3) is 3.83. The van der Waals surface area contributed by atoms with Crippen LogP contribution in [0.2, 0.25) is 0 Å². The van der Waals surface area contributed by atoms with E-state index in [1.54, 1.807) is 6.20 Å². The zero-order valence-corrected chi connectivity index (χ0v) is 16.9.